The first-order valence-electron chi connectivity index (χ1n) is 6.50. The van der Waals surface area contributed by atoms with E-state index < -0.39 is 0 Å². The second-order valence-electron chi connectivity index (χ2n) is 4.83. The van der Waals surface area contributed by atoms with Crippen LogP contribution in [0.2, 0.25) is 0 Å². The summed E-state index contributed by atoms with van der Waals surface area (Å²) < 4.78 is 8.29. The van der Waals surface area contributed by atoms with Crippen LogP contribution >= 0.6 is 12.2 Å². The summed E-state index contributed by atoms with van der Waals surface area (Å²) >= 11 is 5.19. The lowest BCUT2D eigenvalue weighted by atomic mass is 10.2. The summed E-state index contributed by atoms with van der Waals surface area (Å²) in [6.45, 7) is 7.85. The largest absolute Gasteiger partial charge is 0.493 e. The van der Waals surface area contributed by atoms with Crippen LogP contribution in [0.4, 0.5) is 0 Å². The second-order valence-corrected chi connectivity index (χ2v) is 5.21. The molecule has 0 aliphatic heterocycles. The van der Waals surface area contributed by atoms with Crippen LogP contribution in [0.3, 0.4) is 0 Å². The molecule has 1 aromatic heterocycles. The van der Waals surface area contributed by atoms with Crippen molar-refractivity contribution >= 4 is 12.2 Å². The maximum Gasteiger partial charge on any atom is 0.195 e. The molecule has 102 valence electrons. The quantitative estimate of drug-likeness (QED) is 0.848. The summed E-state index contributed by atoms with van der Waals surface area (Å²) in [6.07, 6.45) is 0. The molecule has 0 amide bonds. The van der Waals surface area contributed by atoms with Gasteiger partial charge in [-0.05, 0) is 49.3 Å². The number of aromatic amines is 1. The number of benzene rings is 1. The van der Waals surface area contributed by atoms with Crippen LogP contribution in [0.5, 0.6) is 5.75 Å². The summed E-state index contributed by atoms with van der Waals surface area (Å²) in [5.41, 5.74) is 1.03. The molecule has 4 nitrogen and oxygen atoms in total. The first-order valence-corrected chi connectivity index (χ1v) is 6.91. The van der Waals surface area contributed by atoms with Gasteiger partial charge in [-0.2, -0.15) is 5.10 Å². The Morgan fingerprint density at radius 1 is 1.32 bits per heavy atom. The molecule has 0 bridgehead atoms. The van der Waals surface area contributed by atoms with Crippen molar-refractivity contribution in [3.63, 3.8) is 0 Å². The monoisotopic (exact) mass is 277 g/mol. The van der Waals surface area contributed by atoms with E-state index >= 15 is 0 Å². The van der Waals surface area contributed by atoms with Crippen molar-refractivity contribution in [2.45, 2.75) is 27.3 Å². The van der Waals surface area contributed by atoms with Gasteiger partial charge in [0.05, 0.1) is 6.61 Å². The average molecular weight is 277 g/mol. The molecule has 0 fully saturated rings. The smallest absolute Gasteiger partial charge is 0.195 e. The lowest BCUT2D eigenvalue weighted by Gasteiger charge is -2.09. The second kappa shape index (κ2) is 6.02. The molecular formula is C14H19N3OS. The number of H-pyrrole nitrogens is 1. The SMILES string of the molecule is CCn1c(-c2ccc(OCC(C)C)cc2)n[nH]c1=S. The molecule has 1 aromatic carbocycles. The molecule has 1 N–H and O–H groups in total. The number of hydrogen-bond donors (Lipinski definition) is 1. The molecule has 19 heavy (non-hydrogen) atoms. The molecule has 0 saturated carbocycles. The highest BCUT2D eigenvalue weighted by Gasteiger charge is 2.07. The molecule has 2 rings (SSSR count). The van der Waals surface area contributed by atoms with Crippen molar-refractivity contribution in [3.8, 4) is 17.1 Å². The maximum absolute atomic E-state index is 5.66. The Hall–Kier alpha value is -1.62. The molecule has 1 heterocycles. The summed E-state index contributed by atoms with van der Waals surface area (Å²) in [6, 6.07) is 7.95. The Balaban J connectivity index is 2.20. The standard InChI is InChI=1S/C14H19N3OS/c1-4-17-13(15-16-14(17)19)11-5-7-12(8-6-11)18-9-10(2)3/h5-8,10H,4,9H2,1-3H3,(H,16,19). The van der Waals surface area contributed by atoms with Crippen LogP contribution in [-0.2, 0) is 6.54 Å². The lowest BCUT2D eigenvalue weighted by Crippen LogP contribution is -2.04. The van der Waals surface area contributed by atoms with Gasteiger partial charge in [0.15, 0.2) is 10.6 Å². The Bertz CT molecular complexity index is 583. The summed E-state index contributed by atoms with van der Waals surface area (Å²) in [4.78, 5) is 0. The third kappa shape index (κ3) is 3.23. The van der Waals surface area contributed by atoms with Gasteiger partial charge in [-0.3, -0.25) is 5.10 Å². The van der Waals surface area contributed by atoms with E-state index in [-0.39, 0.29) is 0 Å². The molecule has 5 heteroatoms. The fraction of sp³-hybridized carbons (Fsp3) is 0.429. The summed E-state index contributed by atoms with van der Waals surface area (Å²) in [5, 5.41) is 7.09. The number of aromatic nitrogens is 3. The first kappa shape index (κ1) is 13.8. The van der Waals surface area contributed by atoms with Gasteiger partial charge < -0.3 is 9.30 Å². The predicted octanol–water partition coefficient (Wildman–Crippen LogP) is 3.66. The van der Waals surface area contributed by atoms with Crippen LogP contribution in [0.15, 0.2) is 24.3 Å². The van der Waals surface area contributed by atoms with Crippen LogP contribution in [0.25, 0.3) is 11.4 Å². The van der Waals surface area contributed by atoms with E-state index in [1.807, 2.05) is 28.8 Å². The Labute approximate surface area is 118 Å². The summed E-state index contributed by atoms with van der Waals surface area (Å²) in [5.74, 6) is 2.27. The third-order valence-electron chi connectivity index (χ3n) is 2.77. The number of rotatable bonds is 5. The van der Waals surface area contributed by atoms with Gasteiger partial charge in [0.2, 0.25) is 0 Å². The highest BCUT2D eigenvalue weighted by atomic mass is 32.1. The van der Waals surface area contributed by atoms with Crippen LogP contribution in [0.1, 0.15) is 20.8 Å². The van der Waals surface area contributed by atoms with Crippen molar-refractivity contribution in [3.05, 3.63) is 29.0 Å². The Kier molecular flexibility index (Phi) is 4.37. The van der Waals surface area contributed by atoms with E-state index in [2.05, 4.69) is 31.0 Å². The van der Waals surface area contributed by atoms with Gasteiger partial charge in [0.25, 0.3) is 0 Å². The van der Waals surface area contributed by atoms with Crippen molar-refractivity contribution in [1.82, 2.24) is 14.8 Å². The molecular weight excluding hydrogens is 258 g/mol. The van der Waals surface area contributed by atoms with E-state index in [1.54, 1.807) is 0 Å². The van der Waals surface area contributed by atoms with Gasteiger partial charge in [0, 0.05) is 12.1 Å². The Morgan fingerprint density at radius 3 is 2.58 bits per heavy atom. The van der Waals surface area contributed by atoms with Crippen molar-refractivity contribution in [1.29, 1.82) is 0 Å². The molecule has 0 aliphatic carbocycles. The number of nitrogens with one attached hydrogen (secondary N) is 1. The maximum atomic E-state index is 5.66. The van der Waals surface area contributed by atoms with Gasteiger partial charge in [-0.1, -0.05) is 13.8 Å². The van der Waals surface area contributed by atoms with Crippen LogP contribution in [0, 0.1) is 10.7 Å². The molecule has 0 aliphatic rings. The normalized spacial score (nSPS) is 10.9. The van der Waals surface area contributed by atoms with E-state index in [1.165, 1.54) is 0 Å². The van der Waals surface area contributed by atoms with Crippen LogP contribution in [-0.4, -0.2) is 21.4 Å². The zero-order valence-electron chi connectivity index (χ0n) is 11.5. The zero-order chi connectivity index (χ0) is 13.8. The van der Waals surface area contributed by atoms with Gasteiger partial charge in [-0.15, -0.1) is 0 Å². The summed E-state index contributed by atoms with van der Waals surface area (Å²) in [7, 11) is 0. The van der Waals surface area contributed by atoms with Crippen LogP contribution < -0.4 is 4.74 Å². The van der Waals surface area contributed by atoms with Crippen molar-refractivity contribution in [2.24, 2.45) is 5.92 Å². The molecule has 0 saturated heterocycles. The van der Waals surface area contributed by atoms with E-state index in [0.717, 1.165) is 30.3 Å². The fourth-order valence-electron chi connectivity index (χ4n) is 1.79. The third-order valence-corrected chi connectivity index (χ3v) is 3.08. The first-order chi connectivity index (χ1) is 9.11. The minimum absolute atomic E-state index is 0.524. The molecule has 0 radical (unpaired) electrons. The van der Waals surface area contributed by atoms with E-state index in [0.29, 0.717) is 10.7 Å². The van der Waals surface area contributed by atoms with E-state index in [9.17, 15) is 0 Å². The molecule has 0 spiro atoms. The minimum Gasteiger partial charge on any atom is -0.493 e. The number of nitrogens with zero attached hydrogens (tertiary/aromatic N) is 2. The van der Waals surface area contributed by atoms with Gasteiger partial charge in [0.1, 0.15) is 5.75 Å². The van der Waals surface area contributed by atoms with Crippen molar-refractivity contribution < 1.29 is 4.74 Å². The minimum atomic E-state index is 0.524. The fourth-order valence-corrected chi connectivity index (χ4v) is 2.06. The molecule has 2 aromatic rings. The topological polar surface area (TPSA) is 42.8 Å². The number of hydrogen-bond acceptors (Lipinski definition) is 3. The zero-order valence-corrected chi connectivity index (χ0v) is 12.3. The highest BCUT2D eigenvalue weighted by Crippen LogP contribution is 2.21. The highest BCUT2D eigenvalue weighted by molar-refractivity contribution is 7.71. The van der Waals surface area contributed by atoms with Gasteiger partial charge >= 0.3 is 0 Å². The molecule has 0 unspecified atom stereocenters. The van der Waals surface area contributed by atoms with E-state index in [4.69, 9.17) is 17.0 Å². The Morgan fingerprint density at radius 2 is 2.00 bits per heavy atom. The van der Waals surface area contributed by atoms with Crippen molar-refractivity contribution in [2.75, 3.05) is 6.61 Å². The number of ether oxygens (including phenoxy) is 1. The average Bonchev–Trinajstić information content (AvgIpc) is 2.78. The molecule has 0 atom stereocenters. The lowest BCUT2D eigenvalue weighted by molar-refractivity contribution is 0.271. The van der Waals surface area contributed by atoms with Gasteiger partial charge in [-0.25, -0.2) is 0 Å². The predicted molar refractivity (Wildman–Crippen MR) is 78.9 cm³/mol.